The van der Waals surface area contributed by atoms with E-state index < -0.39 is 0 Å². The predicted molar refractivity (Wildman–Crippen MR) is 81.5 cm³/mol. The van der Waals surface area contributed by atoms with Crippen molar-refractivity contribution in [2.45, 2.75) is 38.5 Å². The molecule has 0 unspecified atom stereocenters. The van der Waals surface area contributed by atoms with Gasteiger partial charge in [-0.3, -0.25) is 4.79 Å². The number of carbonyl (C=O) groups excluding carboxylic acids is 1. The number of carbonyl (C=O) groups is 1. The molecular weight excluding hydrogens is 260 g/mol. The van der Waals surface area contributed by atoms with Gasteiger partial charge in [0, 0.05) is 12.1 Å². The molecule has 0 heterocycles. The van der Waals surface area contributed by atoms with Gasteiger partial charge in [-0.15, -0.1) is 12.4 Å². The molecule has 19 heavy (non-hydrogen) atoms. The summed E-state index contributed by atoms with van der Waals surface area (Å²) in [5, 5.41) is 2.95. The minimum atomic E-state index is 0. The molecule has 4 heteroatoms. The van der Waals surface area contributed by atoms with Crippen LogP contribution in [0.1, 0.15) is 38.5 Å². The second-order valence-corrected chi connectivity index (χ2v) is 5.36. The Balaban J connectivity index is 0.00000180. The quantitative estimate of drug-likeness (QED) is 0.890. The van der Waals surface area contributed by atoms with Gasteiger partial charge < -0.3 is 11.1 Å². The Kier molecular flexibility index (Phi) is 6.32. The molecule has 3 N–H and O–H groups in total. The van der Waals surface area contributed by atoms with Crippen LogP contribution in [0, 0.1) is 5.41 Å². The fourth-order valence-corrected chi connectivity index (χ4v) is 2.82. The first-order valence-corrected chi connectivity index (χ1v) is 6.79. The van der Waals surface area contributed by atoms with Gasteiger partial charge in [-0.1, -0.05) is 37.5 Å². The Hall–Kier alpha value is -1.06. The number of hydrogen-bond acceptors (Lipinski definition) is 2. The largest absolute Gasteiger partial charge is 0.330 e. The molecule has 1 aromatic carbocycles. The number of anilines is 1. The number of hydrogen-bond donors (Lipinski definition) is 2. The highest BCUT2D eigenvalue weighted by Gasteiger charge is 2.32. The molecule has 2 rings (SSSR count). The summed E-state index contributed by atoms with van der Waals surface area (Å²) in [6, 6.07) is 9.61. The number of nitrogens with two attached hydrogens (primary N) is 1. The van der Waals surface area contributed by atoms with Crippen molar-refractivity contribution in [1.29, 1.82) is 0 Å². The molecule has 106 valence electrons. The van der Waals surface area contributed by atoms with E-state index in [1.165, 1.54) is 19.3 Å². The maximum Gasteiger partial charge on any atom is 0.224 e. The zero-order valence-electron chi connectivity index (χ0n) is 11.2. The van der Waals surface area contributed by atoms with Crippen molar-refractivity contribution in [3.63, 3.8) is 0 Å². The highest BCUT2D eigenvalue weighted by Crippen LogP contribution is 2.38. The molecule has 0 aromatic heterocycles. The Morgan fingerprint density at radius 2 is 1.79 bits per heavy atom. The zero-order chi connectivity index (χ0) is 12.8. The number of rotatable bonds is 4. The molecule has 3 nitrogen and oxygen atoms in total. The van der Waals surface area contributed by atoms with Crippen molar-refractivity contribution in [3.05, 3.63) is 30.3 Å². The zero-order valence-corrected chi connectivity index (χ0v) is 12.0. The summed E-state index contributed by atoms with van der Waals surface area (Å²) in [6.07, 6.45) is 6.42. The minimum absolute atomic E-state index is 0. The molecule has 0 atom stereocenters. The summed E-state index contributed by atoms with van der Waals surface area (Å²) in [4.78, 5) is 12.1. The third kappa shape index (κ3) is 4.51. The number of amides is 1. The van der Waals surface area contributed by atoms with Crippen LogP contribution in [0.4, 0.5) is 5.69 Å². The van der Waals surface area contributed by atoms with Gasteiger partial charge in [-0.25, -0.2) is 0 Å². The Morgan fingerprint density at radius 1 is 1.16 bits per heavy atom. The normalized spacial score (nSPS) is 17.3. The minimum Gasteiger partial charge on any atom is -0.330 e. The van der Waals surface area contributed by atoms with Crippen molar-refractivity contribution in [3.8, 4) is 0 Å². The van der Waals surface area contributed by atoms with E-state index in [9.17, 15) is 4.79 Å². The van der Waals surface area contributed by atoms with Crippen LogP contribution in [0.3, 0.4) is 0 Å². The summed E-state index contributed by atoms with van der Waals surface area (Å²) < 4.78 is 0. The Bertz CT molecular complexity index is 388. The van der Waals surface area contributed by atoms with Gasteiger partial charge in [0.1, 0.15) is 0 Å². The van der Waals surface area contributed by atoms with Crippen LogP contribution >= 0.6 is 12.4 Å². The van der Waals surface area contributed by atoms with Crippen molar-refractivity contribution in [1.82, 2.24) is 0 Å². The van der Waals surface area contributed by atoms with E-state index in [0.29, 0.717) is 13.0 Å². The fourth-order valence-electron chi connectivity index (χ4n) is 2.82. The highest BCUT2D eigenvalue weighted by atomic mass is 35.5. The molecule has 1 fully saturated rings. The van der Waals surface area contributed by atoms with Gasteiger partial charge in [-0.2, -0.15) is 0 Å². The Morgan fingerprint density at radius 3 is 2.37 bits per heavy atom. The maximum atomic E-state index is 12.1. The lowest BCUT2D eigenvalue weighted by Gasteiger charge is -2.35. The first-order chi connectivity index (χ1) is 8.74. The highest BCUT2D eigenvalue weighted by molar-refractivity contribution is 5.91. The van der Waals surface area contributed by atoms with Crippen molar-refractivity contribution in [2.75, 3.05) is 11.9 Å². The summed E-state index contributed by atoms with van der Waals surface area (Å²) in [5.41, 5.74) is 6.80. The monoisotopic (exact) mass is 282 g/mol. The summed E-state index contributed by atoms with van der Waals surface area (Å²) in [6.45, 7) is 0.620. The van der Waals surface area contributed by atoms with Gasteiger partial charge in [0.15, 0.2) is 0 Å². The molecule has 1 aliphatic carbocycles. The Labute approximate surface area is 121 Å². The van der Waals surface area contributed by atoms with Crippen LogP contribution in [0.5, 0.6) is 0 Å². The second kappa shape index (κ2) is 7.51. The van der Waals surface area contributed by atoms with Gasteiger partial charge in [0.2, 0.25) is 5.91 Å². The number of halogens is 1. The average molecular weight is 283 g/mol. The first-order valence-electron chi connectivity index (χ1n) is 6.79. The molecule has 0 aliphatic heterocycles. The SMILES string of the molecule is Cl.NCC1(CC(=O)Nc2ccccc2)CCCCC1. The molecule has 1 saturated carbocycles. The van der Waals surface area contributed by atoms with E-state index in [4.69, 9.17) is 5.73 Å². The van der Waals surface area contributed by atoms with Gasteiger partial charge in [-0.05, 0) is 36.9 Å². The van der Waals surface area contributed by atoms with E-state index >= 15 is 0 Å². The first kappa shape index (κ1) is 16.0. The van der Waals surface area contributed by atoms with Crippen LogP contribution < -0.4 is 11.1 Å². The second-order valence-electron chi connectivity index (χ2n) is 5.36. The topological polar surface area (TPSA) is 55.1 Å². The van der Waals surface area contributed by atoms with Gasteiger partial charge >= 0.3 is 0 Å². The van der Waals surface area contributed by atoms with Gasteiger partial charge in [0.25, 0.3) is 0 Å². The molecule has 1 amide bonds. The molecule has 0 bridgehead atoms. The van der Waals surface area contributed by atoms with Crippen molar-refractivity contribution < 1.29 is 4.79 Å². The third-order valence-corrected chi connectivity index (χ3v) is 3.94. The summed E-state index contributed by atoms with van der Waals surface area (Å²) >= 11 is 0. The molecule has 1 aliphatic rings. The lowest BCUT2D eigenvalue weighted by atomic mass is 9.71. The molecule has 0 spiro atoms. The third-order valence-electron chi connectivity index (χ3n) is 3.94. The fraction of sp³-hybridized carbons (Fsp3) is 0.533. The maximum absolute atomic E-state index is 12.1. The lowest BCUT2D eigenvalue weighted by molar-refractivity contribution is -0.118. The van der Waals surface area contributed by atoms with E-state index in [1.54, 1.807) is 0 Å². The molecule has 0 radical (unpaired) electrons. The molecular formula is C15H23ClN2O. The average Bonchev–Trinajstić information content (AvgIpc) is 2.41. The van der Waals surface area contributed by atoms with Crippen molar-refractivity contribution in [2.24, 2.45) is 11.1 Å². The van der Waals surface area contributed by atoms with Gasteiger partial charge in [0.05, 0.1) is 0 Å². The molecule has 1 aromatic rings. The number of benzene rings is 1. The predicted octanol–water partition coefficient (Wildman–Crippen LogP) is 3.35. The van der Waals surface area contributed by atoms with Crippen LogP contribution in [-0.4, -0.2) is 12.5 Å². The summed E-state index contributed by atoms with van der Waals surface area (Å²) in [7, 11) is 0. The van der Waals surface area contributed by atoms with E-state index in [-0.39, 0.29) is 23.7 Å². The smallest absolute Gasteiger partial charge is 0.224 e. The summed E-state index contributed by atoms with van der Waals surface area (Å²) in [5.74, 6) is 0.0913. The number of para-hydroxylation sites is 1. The van der Waals surface area contributed by atoms with Crippen LogP contribution in [-0.2, 0) is 4.79 Å². The number of nitrogens with one attached hydrogen (secondary N) is 1. The van der Waals surface area contributed by atoms with E-state index in [2.05, 4.69) is 5.32 Å². The lowest BCUT2D eigenvalue weighted by Crippen LogP contribution is -2.36. The standard InChI is InChI=1S/C15H22N2O.ClH/c16-12-15(9-5-2-6-10-15)11-14(18)17-13-7-3-1-4-8-13;/h1,3-4,7-8H,2,5-6,9-12,16H2,(H,17,18);1H. The van der Waals surface area contributed by atoms with Crippen LogP contribution in [0.2, 0.25) is 0 Å². The van der Waals surface area contributed by atoms with Crippen molar-refractivity contribution >= 4 is 24.0 Å². The molecule has 0 saturated heterocycles. The van der Waals surface area contributed by atoms with E-state index in [1.807, 2.05) is 30.3 Å². The van der Waals surface area contributed by atoms with Crippen LogP contribution in [0.15, 0.2) is 30.3 Å². The van der Waals surface area contributed by atoms with Crippen LogP contribution in [0.25, 0.3) is 0 Å². The van der Waals surface area contributed by atoms with E-state index in [0.717, 1.165) is 18.5 Å².